The summed E-state index contributed by atoms with van der Waals surface area (Å²) in [4.78, 5) is 7.54. The van der Waals surface area contributed by atoms with Gasteiger partial charge >= 0.3 is 0 Å². The molecule has 11 nitrogen and oxygen atoms in total. The van der Waals surface area contributed by atoms with Gasteiger partial charge in [-0.1, -0.05) is 12.1 Å². The molecule has 0 aliphatic heterocycles. The van der Waals surface area contributed by atoms with Gasteiger partial charge in [-0.25, -0.2) is 0 Å². The average molecular weight is 437 g/mol. The Kier molecular flexibility index (Phi) is 5.39. The Morgan fingerprint density at radius 1 is 0.759 bits per heavy atom. The maximum absolute atomic E-state index is 11.3. The van der Waals surface area contributed by atoms with Crippen molar-refractivity contribution in [2.24, 2.45) is 0 Å². The largest absolute Gasteiger partial charge is 0.383 e. The van der Waals surface area contributed by atoms with Crippen LogP contribution in [0.15, 0.2) is 64.4 Å². The number of benzene rings is 2. The second-order valence-corrected chi connectivity index (χ2v) is 8.60. The summed E-state index contributed by atoms with van der Waals surface area (Å²) in [6.45, 7) is 0. The number of anilines is 5. The molecule has 3 aromatic rings. The van der Waals surface area contributed by atoms with Crippen molar-refractivity contribution in [3.8, 4) is 0 Å². The van der Waals surface area contributed by atoms with Crippen LogP contribution in [-0.2, 0) is 20.2 Å². The molecule has 0 spiro atoms. The van der Waals surface area contributed by atoms with E-state index < -0.39 is 20.2 Å². The monoisotopic (exact) mass is 437 g/mol. The lowest BCUT2D eigenvalue weighted by Gasteiger charge is -2.11. The summed E-state index contributed by atoms with van der Waals surface area (Å²) in [6, 6.07) is 12.1. The number of nitrogen functional groups attached to an aromatic ring is 1. The molecule has 152 valence electrons. The van der Waals surface area contributed by atoms with Crippen LogP contribution in [0.4, 0.5) is 29.0 Å². The lowest BCUT2D eigenvalue weighted by molar-refractivity contribution is 0.481. The van der Waals surface area contributed by atoms with E-state index in [0.29, 0.717) is 5.69 Å². The number of aromatic nitrogens is 2. The first-order chi connectivity index (χ1) is 13.5. The zero-order valence-electron chi connectivity index (χ0n) is 14.5. The van der Waals surface area contributed by atoms with Gasteiger partial charge in [0.2, 0.25) is 5.95 Å². The Hall–Kier alpha value is -3.26. The van der Waals surface area contributed by atoms with Gasteiger partial charge < -0.3 is 16.4 Å². The fraction of sp³-hybridized carbons (Fsp3) is 0. The Morgan fingerprint density at radius 3 is 1.79 bits per heavy atom. The third-order valence-electron chi connectivity index (χ3n) is 3.54. The molecule has 0 bridgehead atoms. The van der Waals surface area contributed by atoms with E-state index in [1.165, 1.54) is 48.5 Å². The van der Waals surface area contributed by atoms with Crippen LogP contribution in [0.2, 0.25) is 0 Å². The summed E-state index contributed by atoms with van der Waals surface area (Å²) in [7, 11) is -8.75. The fourth-order valence-corrected chi connectivity index (χ4v) is 3.38. The normalized spacial score (nSPS) is 11.8. The number of nitrogens with zero attached hydrogens (tertiary/aromatic N) is 2. The molecule has 0 aliphatic carbocycles. The molecule has 2 aromatic carbocycles. The Morgan fingerprint density at radius 2 is 1.28 bits per heavy atom. The second kappa shape index (κ2) is 7.63. The van der Waals surface area contributed by atoms with Gasteiger partial charge in [-0.3, -0.25) is 9.11 Å². The number of nitrogens with two attached hydrogens (primary N) is 1. The number of hydrogen-bond acceptors (Lipinski definition) is 9. The molecule has 0 saturated heterocycles. The number of rotatable bonds is 6. The lowest BCUT2D eigenvalue weighted by atomic mass is 10.3. The average Bonchev–Trinajstić information content (AvgIpc) is 2.60. The van der Waals surface area contributed by atoms with E-state index >= 15 is 0 Å². The molecule has 0 radical (unpaired) electrons. The van der Waals surface area contributed by atoms with E-state index in [2.05, 4.69) is 20.6 Å². The maximum atomic E-state index is 11.3. The predicted molar refractivity (Wildman–Crippen MR) is 106 cm³/mol. The van der Waals surface area contributed by atoms with Crippen molar-refractivity contribution in [3.63, 3.8) is 0 Å². The molecule has 0 atom stereocenters. The van der Waals surface area contributed by atoms with Gasteiger partial charge in [-0.05, 0) is 36.4 Å². The minimum absolute atomic E-state index is 0.0194. The van der Waals surface area contributed by atoms with Crippen LogP contribution in [0.25, 0.3) is 0 Å². The lowest BCUT2D eigenvalue weighted by Crippen LogP contribution is -2.05. The highest BCUT2D eigenvalue weighted by atomic mass is 32.2. The molecular formula is C16H15N5O6S2. The number of hydrogen-bond donors (Lipinski definition) is 5. The molecule has 0 fully saturated rings. The molecule has 0 unspecified atom stereocenters. The van der Waals surface area contributed by atoms with Crippen molar-refractivity contribution in [3.05, 3.63) is 54.6 Å². The van der Waals surface area contributed by atoms with Crippen molar-refractivity contribution in [2.45, 2.75) is 9.79 Å². The fourth-order valence-electron chi connectivity index (χ4n) is 2.33. The first-order valence-corrected chi connectivity index (χ1v) is 10.7. The zero-order valence-corrected chi connectivity index (χ0v) is 16.1. The standard InChI is InChI=1S/C16H15N5O6S2/c17-14-9-15(18-10-3-1-5-12(7-10)28(22,23)24)21-16(20-14)19-11-4-2-6-13(8-11)29(25,26)27/h1-9H,(H,22,23,24)(H,25,26,27)(H4,17,18,19,20,21). The van der Waals surface area contributed by atoms with Crippen molar-refractivity contribution in [1.29, 1.82) is 0 Å². The van der Waals surface area contributed by atoms with Crippen molar-refractivity contribution in [2.75, 3.05) is 16.4 Å². The predicted octanol–water partition coefficient (Wildman–Crippen LogP) is 2.04. The zero-order chi connectivity index (χ0) is 21.2. The van der Waals surface area contributed by atoms with Crippen LogP contribution in [0.5, 0.6) is 0 Å². The highest BCUT2D eigenvalue weighted by molar-refractivity contribution is 7.86. The van der Waals surface area contributed by atoms with Crippen molar-refractivity contribution in [1.82, 2.24) is 9.97 Å². The van der Waals surface area contributed by atoms with E-state index in [1.807, 2.05) is 0 Å². The van der Waals surface area contributed by atoms with Gasteiger partial charge in [0, 0.05) is 17.4 Å². The van der Waals surface area contributed by atoms with E-state index in [9.17, 15) is 16.8 Å². The van der Waals surface area contributed by atoms with E-state index in [0.717, 1.165) is 0 Å². The smallest absolute Gasteiger partial charge is 0.294 e. The molecule has 0 saturated carbocycles. The summed E-state index contributed by atoms with van der Waals surface area (Å²) in [6.07, 6.45) is 0. The molecule has 3 rings (SSSR count). The van der Waals surface area contributed by atoms with Gasteiger partial charge in [0.25, 0.3) is 20.2 Å². The second-order valence-electron chi connectivity index (χ2n) is 5.76. The quantitative estimate of drug-likeness (QED) is 0.355. The van der Waals surface area contributed by atoms with E-state index in [-0.39, 0.29) is 33.1 Å². The Bertz CT molecular complexity index is 1180. The number of nitrogens with one attached hydrogen (secondary N) is 2. The van der Waals surface area contributed by atoms with Crippen molar-refractivity contribution < 1.29 is 25.9 Å². The summed E-state index contributed by atoms with van der Waals surface area (Å²) in [5.74, 6) is 0.297. The maximum Gasteiger partial charge on any atom is 0.294 e. The van der Waals surface area contributed by atoms with Crippen LogP contribution >= 0.6 is 0 Å². The topological polar surface area (TPSA) is 185 Å². The first kappa shape index (κ1) is 20.5. The molecule has 1 aromatic heterocycles. The van der Waals surface area contributed by atoms with E-state index in [1.54, 1.807) is 6.07 Å². The summed E-state index contributed by atoms with van der Waals surface area (Å²) in [5, 5.41) is 5.60. The molecule has 13 heteroatoms. The van der Waals surface area contributed by atoms with Crippen molar-refractivity contribution >= 4 is 49.2 Å². The minimum atomic E-state index is -4.38. The Labute approximate surface area is 166 Å². The van der Waals surface area contributed by atoms with Crippen LogP contribution in [0.1, 0.15) is 0 Å². The van der Waals surface area contributed by atoms with Gasteiger partial charge in [-0.2, -0.15) is 26.8 Å². The molecule has 29 heavy (non-hydrogen) atoms. The van der Waals surface area contributed by atoms with Gasteiger partial charge in [0.1, 0.15) is 11.6 Å². The Balaban J connectivity index is 1.88. The highest BCUT2D eigenvalue weighted by Crippen LogP contribution is 2.23. The summed E-state index contributed by atoms with van der Waals surface area (Å²) < 4.78 is 63.3. The summed E-state index contributed by atoms with van der Waals surface area (Å²) in [5.41, 5.74) is 6.36. The van der Waals surface area contributed by atoms with Crippen LogP contribution < -0.4 is 16.4 Å². The van der Waals surface area contributed by atoms with Crippen LogP contribution in [0.3, 0.4) is 0 Å². The van der Waals surface area contributed by atoms with Crippen LogP contribution in [-0.4, -0.2) is 35.9 Å². The SMILES string of the molecule is Nc1cc(Nc2cccc(S(=O)(=O)O)c2)nc(Nc2cccc(S(=O)(=O)O)c2)n1. The third-order valence-corrected chi connectivity index (χ3v) is 5.24. The molecule has 0 amide bonds. The molecule has 6 N–H and O–H groups in total. The molecule has 1 heterocycles. The molecular weight excluding hydrogens is 422 g/mol. The highest BCUT2D eigenvalue weighted by Gasteiger charge is 2.12. The summed E-state index contributed by atoms with van der Waals surface area (Å²) >= 11 is 0. The first-order valence-electron chi connectivity index (χ1n) is 7.84. The van der Waals surface area contributed by atoms with Gasteiger partial charge in [-0.15, -0.1) is 0 Å². The van der Waals surface area contributed by atoms with Gasteiger partial charge in [0.05, 0.1) is 9.79 Å². The van der Waals surface area contributed by atoms with Crippen LogP contribution in [0, 0.1) is 0 Å². The third kappa shape index (κ3) is 5.39. The van der Waals surface area contributed by atoms with Gasteiger partial charge in [0.15, 0.2) is 0 Å². The molecule has 0 aliphatic rings. The minimum Gasteiger partial charge on any atom is -0.383 e. The van der Waals surface area contributed by atoms with E-state index in [4.69, 9.17) is 14.8 Å².